The van der Waals surface area contributed by atoms with Gasteiger partial charge in [0.2, 0.25) is 0 Å². The average Bonchev–Trinajstić information content (AvgIpc) is 3.29. The molecule has 0 saturated heterocycles. The molecular weight excluding hydrogens is 540 g/mol. The number of halogens is 3. The van der Waals surface area contributed by atoms with Crippen LogP contribution >= 0.6 is 27.7 Å². The molecule has 7 heteroatoms. The number of likely N-dealkylation sites (N-methyl/N-ethyl adjacent to an activating group) is 1. The Hall–Kier alpha value is -3.00. The van der Waals surface area contributed by atoms with Gasteiger partial charge in [0.05, 0.1) is 17.4 Å². The molecule has 0 amide bonds. The van der Waals surface area contributed by atoms with E-state index < -0.39 is 0 Å². The van der Waals surface area contributed by atoms with Crippen molar-refractivity contribution in [3.8, 4) is 0 Å². The number of rotatable bonds is 3. The maximum absolute atomic E-state index is 13.9. The molecular formula is C29H22BrF2N3S. The number of hydrogen-bond acceptors (Lipinski definition) is 4. The molecule has 0 bridgehead atoms. The van der Waals surface area contributed by atoms with E-state index in [0.717, 1.165) is 62.0 Å². The summed E-state index contributed by atoms with van der Waals surface area (Å²) in [6.07, 6.45) is 2.09. The van der Waals surface area contributed by atoms with Crippen molar-refractivity contribution in [2.45, 2.75) is 6.04 Å². The minimum Gasteiger partial charge on any atom is -0.308 e. The number of hydrogen-bond donors (Lipinski definition) is 0. The van der Waals surface area contributed by atoms with Crippen LogP contribution in [0.5, 0.6) is 0 Å². The molecule has 180 valence electrons. The van der Waals surface area contributed by atoms with Gasteiger partial charge in [-0.05, 0) is 77.4 Å². The van der Waals surface area contributed by atoms with E-state index in [0.29, 0.717) is 0 Å². The Balaban J connectivity index is 1.50. The third-order valence-electron chi connectivity index (χ3n) is 6.56. The van der Waals surface area contributed by atoms with Crippen LogP contribution in [0.1, 0.15) is 22.7 Å². The maximum Gasteiger partial charge on any atom is 0.174 e. The highest BCUT2D eigenvalue weighted by Gasteiger charge is 2.41. The molecule has 0 spiro atoms. The molecule has 3 aliphatic rings. The fourth-order valence-corrected chi connectivity index (χ4v) is 6.15. The highest BCUT2D eigenvalue weighted by Crippen LogP contribution is 2.49. The smallest absolute Gasteiger partial charge is 0.174 e. The molecule has 0 saturated carbocycles. The molecule has 0 aliphatic carbocycles. The number of benzene rings is 3. The normalized spacial score (nSPS) is 20.8. The Morgan fingerprint density at radius 1 is 0.917 bits per heavy atom. The van der Waals surface area contributed by atoms with E-state index in [1.165, 1.54) is 24.3 Å². The Labute approximate surface area is 221 Å². The van der Waals surface area contributed by atoms with Crippen LogP contribution in [0, 0.1) is 11.6 Å². The van der Waals surface area contributed by atoms with Crippen molar-refractivity contribution >= 4 is 44.6 Å². The average molecular weight is 562 g/mol. The lowest BCUT2D eigenvalue weighted by atomic mass is 9.88. The van der Waals surface area contributed by atoms with E-state index in [1.54, 1.807) is 23.9 Å². The third kappa shape index (κ3) is 4.36. The summed E-state index contributed by atoms with van der Waals surface area (Å²) in [7, 11) is 2.09. The Kier molecular flexibility index (Phi) is 6.15. The highest BCUT2D eigenvalue weighted by molar-refractivity contribution is 9.10. The number of aliphatic imine (C=N–C) groups is 1. The van der Waals surface area contributed by atoms with Gasteiger partial charge in [-0.2, -0.15) is 0 Å². The molecule has 3 nitrogen and oxygen atoms in total. The van der Waals surface area contributed by atoms with Gasteiger partial charge in [0.25, 0.3) is 0 Å². The van der Waals surface area contributed by atoms with Gasteiger partial charge in [0.15, 0.2) is 5.17 Å². The minimum absolute atomic E-state index is 0.127. The third-order valence-corrected chi connectivity index (χ3v) is 7.93. The molecule has 3 heterocycles. The van der Waals surface area contributed by atoms with Gasteiger partial charge in [-0.1, -0.05) is 64.1 Å². The number of amidine groups is 1. The molecule has 0 aromatic heterocycles. The van der Waals surface area contributed by atoms with E-state index in [1.807, 2.05) is 24.3 Å². The summed E-state index contributed by atoms with van der Waals surface area (Å²) in [5, 5.41) is 3.04. The predicted molar refractivity (Wildman–Crippen MR) is 147 cm³/mol. The van der Waals surface area contributed by atoms with Gasteiger partial charge in [-0.15, -0.1) is 0 Å². The van der Waals surface area contributed by atoms with Crippen molar-refractivity contribution in [1.82, 2.24) is 9.80 Å². The zero-order chi connectivity index (χ0) is 24.8. The van der Waals surface area contributed by atoms with E-state index >= 15 is 0 Å². The number of fused-ring (bicyclic) bond motifs is 1. The van der Waals surface area contributed by atoms with Crippen LogP contribution in [-0.2, 0) is 0 Å². The van der Waals surface area contributed by atoms with Gasteiger partial charge in [-0.3, -0.25) is 4.90 Å². The lowest BCUT2D eigenvalue weighted by Gasteiger charge is -2.42. The maximum atomic E-state index is 13.9. The van der Waals surface area contributed by atoms with Gasteiger partial charge < -0.3 is 4.90 Å². The summed E-state index contributed by atoms with van der Waals surface area (Å²) in [5.74, 6) is -0.508. The van der Waals surface area contributed by atoms with Crippen LogP contribution in [-0.4, -0.2) is 35.1 Å². The first-order valence-electron chi connectivity index (χ1n) is 11.6. The van der Waals surface area contributed by atoms with Crippen molar-refractivity contribution in [2.24, 2.45) is 4.99 Å². The lowest BCUT2D eigenvalue weighted by Crippen LogP contribution is -2.40. The van der Waals surface area contributed by atoms with E-state index in [-0.39, 0.29) is 17.7 Å². The van der Waals surface area contributed by atoms with Crippen molar-refractivity contribution in [3.63, 3.8) is 0 Å². The summed E-state index contributed by atoms with van der Waals surface area (Å²) in [6.45, 7) is 1.48. The Morgan fingerprint density at radius 3 is 2.28 bits per heavy atom. The minimum atomic E-state index is -0.255. The highest BCUT2D eigenvalue weighted by atomic mass is 79.9. The molecule has 6 rings (SSSR count). The molecule has 3 aromatic rings. The second-order valence-electron chi connectivity index (χ2n) is 9.11. The van der Waals surface area contributed by atoms with Crippen molar-refractivity contribution in [1.29, 1.82) is 0 Å². The second kappa shape index (κ2) is 9.47. The first-order valence-corrected chi connectivity index (χ1v) is 13.3. The molecule has 1 unspecified atom stereocenters. The molecule has 3 aromatic carbocycles. The van der Waals surface area contributed by atoms with Crippen LogP contribution in [0.2, 0.25) is 0 Å². The van der Waals surface area contributed by atoms with Crippen molar-refractivity contribution in [2.75, 3.05) is 20.1 Å². The van der Waals surface area contributed by atoms with Crippen LogP contribution < -0.4 is 0 Å². The van der Waals surface area contributed by atoms with Crippen LogP contribution in [0.3, 0.4) is 0 Å². The van der Waals surface area contributed by atoms with Gasteiger partial charge in [0.1, 0.15) is 11.6 Å². The fraction of sp³-hybridized carbons (Fsp3) is 0.138. The Bertz CT molecular complexity index is 1440. The van der Waals surface area contributed by atoms with E-state index in [9.17, 15) is 8.78 Å². The SMILES string of the molecule is CN1CC2=C(N=C3SC=C(c4ccc(Br)cc4)N3C2c2ccc(F)cc2)/C(=C/c2ccc(F)cc2)C1. The Morgan fingerprint density at radius 2 is 1.58 bits per heavy atom. The zero-order valence-electron chi connectivity index (χ0n) is 19.5. The summed E-state index contributed by atoms with van der Waals surface area (Å²) >= 11 is 5.14. The van der Waals surface area contributed by atoms with Crippen molar-refractivity contribution < 1.29 is 8.78 Å². The van der Waals surface area contributed by atoms with E-state index in [2.05, 4.69) is 56.4 Å². The van der Waals surface area contributed by atoms with Crippen LogP contribution in [0.25, 0.3) is 11.8 Å². The van der Waals surface area contributed by atoms with Gasteiger partial charge >= 0.3 is 0 Å². The number of nitrogens with zero attached hydrogens (tertiary/aromatic N) is 3. The summed E-state index contributed by atoms with van der Waals surface area (Å²) < 4.78 is 28.4. The largest absolute Gasteiger partial charge is 0.308 e. The summed E-state index contributed by atoms with van der Waals surface area (Å²) in [6, 6.07) is 21.4. The monoisotopic (exact) mass is 561 g/mol. The van der Waals surface area contributed by atoms with Crippen molar-refractivity contribution in [3.05, 3.63) is 128 Å². The molecule has 0 N–H and O–H groups in total. The van der Waals surface area contributed by atoms with Crippen LogP contribution in [0.4, 0.5) is 8.78 Å². The molecule has 36 heavy (non-hydrogen) atoms. The lowest BCUT2D eigenvalue weighted by molar-refractivity contribution is 0.344. The topological polar surface area (TPSA) is 18.8 Å². The summed E-state index contributed by atoms with van der Waals surface area (Å²) in [4.78, 5) is 9.70. The first-order chi connectivity index (χ1) is 17.5. The van der Waals surface area contributed by atoms with Gasteiger partial charge in [0, 0.05) is 23.0 Å². The quantitative estimate of drug-likeness (QED) is 0.330. The van der Waals surface area contributed by atoms with Crippen LogP contribution in [0.15, 0.2) is 105 Å². The zero-order valence-corrected chi connectivity index (χ0v) is 21.9. The molecule has 0 fully saturated rings. The standard InChI is InChI=1S/C29H22BrF2N3S/c1-34-15-21(14-18-2-10-23(31)11-3-18)27-25(16-34)28(20-6-12-24(32)13-7-20)35-26(17-36-29(35)33-27)19-4-8-22(30)9-5-19/h2-14,17,28H,15-16H2,1H3/b21-14+. The van der Waals surface area contributed by atoms with E-state index in [4.69, 9.17) is 4.99 Å². The second-order valence-corrected chi connectivity index (χ2v) is 10.9. The fourth-order valence-electron chi connectivity index (χ4n) is 4.96. The van der Waals surface area contributed by atoms with Gasteiger partial charge in [-0.25, -0.2) is 13.8 Å². The summed E-state index contributed by atoms with van der Waals surface area (Å²) in [5.41, 5.74) is 7.33. The molecule has 0 radical (unpaired) electrons. The number of thioether (sulfide) groups is 1. The predicted octanol–water partition coefficient (Wildman–Crippen LogP) is 7.47. The molecule has 1 atom stereocenters. The first kappa shape index (κ1) is 23.4. The molecule has 3 aliphatic heterocycles.